The maximum Gasteiger partial charge on any atom is 0.0453 e. The molecule has 1 saturated heterocycles. The molecule has 2 rings (SSSR count). The van der Waals surface area contributed by atoms with Crippen LogP contribution in [-0.2, 0) is 0 Å². The molecule has 1 aromatic rings. The van der Waals surface area contributed by atoms with Gasteiger partial charge in [0, 0.05) is 24.2 Å². The van der Waals surface area contributed by atoms with E-state index in [-0.39, 0.29) is 6.04 Å². The van der Waals surface area contributed by atoms with Crippen molar-refractivity contribution in [1.82, 2.24) is 9.80 Å². The molecule has 106 valence electrons. The zero-order valence-corrected chi connectivity index (χ0v) is 12.4. The third-order valence-electron chi connectivity index (χ3n) is 3.87. The zero-order valence-electron chi connectivity index (χ0n) is 11.7. The Morgan fingerprint density at radius 3 is 2.79 bits per heavy atom. The molecule has 1 heterocycles. The van der Waals surface area contributed by atoms with Crippen molar-refractivity contribution >= 4 is 11.6 Å². The molecule has 0 saturated carbocycles. The summed E-state index contributed by atoms with van der Waals surface area (Å²) >= 11 is 6.19. The molecule has 1 unspecified atom stereocenters. The van der Waals surface area contributed by atoms with Crippen LogP contribution < -0.4 is 5.73 Å². The van der Waals surface area contributed by atoms with E-state index in [9.17, 15) is 0 Å². The summed E-state index contributed by atoms with van der Waals surface area (Å²) < 4.78 is 0. The van der Waals surface area contributed by atoms with Crippen LogP contribution in [0.3, 0.4) is 0 Å². The molecular weight excluding hydrogens is 258 g/mol. The Bertz CT molecular complexity index is 397. The number of benzene rings is 1. The van der Waals surface area contributed by atoms with Gasteiger partial charge < -0.3 is 15.5 Å². The lowest BCUT2D eigenvalue weighted by molar-refractivity contribution is 0.267. The van der Waals surface area contributed by atoms with Crippen molar-refractivity contribution in [3.63, 3.8) is 0 Å². The van der Waals surface area contributed by atoms with E-state index < -0.39 is 0 Å². The van der Waals surface area contributed by atoms with Crippen molar-refractivity contribution in [1.29, 1.82) is 0 Å². The molecule has 0 amide bonds. The number of halogens is 1. The summed E-state index contributed by atoms with van der Waals surface area (Å²) in [7, 11) is 2.19. The van der Waals surface area contributed by atoms with Crippen LogP contribution in [-0.4, -0.2) is 49.6 Å². The Morgan fingerprint density at radius 2 is 2.00 bits per heavy atom. The maximum absolute atomic E-state index is 6.26. The number of likely N-dealkylation sites (N-methyl/N-ethyl adjacent to an activating group) is 1. The smallest absolute Gasteiger partial charge is 0.0453 e. The van der Waals surface area contributed by atoms with Crippen molar-refractivity contribution < 1.29 is 0 Å². The Hall–Kier alpha value is -0.610. The Labute approximate surface area is 121 Å². The van der Waals surface area contributed by atoms with Crippen LogP contribution in [0.2, 0.25) is 5.02 Å². The highest BCUT2D eigenvalue weighted by Crippen LogP contribution is 2.23. The molecule has 4 heteroatoms. The lowest BCUT2D eigenvalue weighted by Gasteiger charge is -2.22. The summed E-state index contributed by atoms with van der Waals surface area (Å²) in [6, 6.07) is 7.93. The van der Waals surface area contributed by atoms with E-state index in [4.69, 9.17) is 17.3 Å². The average molecular weight is 282 g/mol. The minimum atomic E-state index is 0.0367. The van der Waals surface area contributed by atoms with Crippen LogP contribution in [0.25, 0.3) is 0 Å². The van der Waals surface area contributed by atoms with Crippen LogP contribution in [0.4, 0.5) is 0 Å². The normalized spacial score (nSPS) is 20.2. The average Bonchev–Trinajstić information content (AvgIpc) is 2.61. The van der Waals surface area contributed by atoms with Crippen molar-refractivity contribution in [2.24, 2.45) is 5.73 Å². The zero-order chi connectivity index (χ0) is 13.7. The summed E-state index contributed by atoms with van der Waals surface area (Å²) in [5.41, 5.74) is 7.32. The van der Waals surface area contributed by atoms with Crippen LogP contribution in [0.15, 0.2) is 24.3 Å². The second-order valence-corrected chi connectivity index (χ2v) is 5.82. The van der Waals surface area contributed by atoms with E-state index in [2.05, 4.69) is 16.8 Å². The molecule has 0 spiro atoms. The number of rotatable bonds is 4. The first kappa shape index (κ1) is 14.8. The number of hydrogen-bond acceptors (Lipinski definition) is 3. The van der Waals surface area contributed by atoms with Gasteiger partial charge in [0.2, 0.25) is 0 Å². The van der Waals surface area contributed by atoms with Crippen LogP contribution in [0, 0.1) is 0 Å². The molecule has 1 aliphatic heterocycles. The van der Waals surface area contributed by atoms with E-state index in [1.165, 1.54) is 19.5 Å². The van der Waals surface area contributed by atoms with Gasteiger partial charge in [0.15, 0.2) is 0 Å². The van der Waals surface area contributed by atoms with Gasteiger partial charge in [-0.05, 0) is 51.2 Å². The standard InChI is InChI=1S/C15H24ClN3/c1-18-8-4-9-19(12-11-18)10-7-15(17)13-5-2-3-6-14(13)16/h2-3,5-6,15H,4,7-12,17H2,1H3. The maximum atomic E-state index is 6.26. The first-order valence-corrected chi connectivity index (χ1v) is 7.45. The molecule has 1 atom stereocenters. The van der Waals surface area contributed by atoms with Crippen LogP contribution in [0.5, 0.6) is 0 Å². The van der Waals surface area contributed by atoms with Crippen molar-refractivity contribution in [2.45, 2.75) is 18.9 Å². The number of nitrogens with zero attached hydrogens (tertiary/aromatic N) is 2. The predicted octanol–water partition coefficient (Wildman–Crippen LogP) is 2.37. The Kier molecular flexibility index (Phi) is 5.64. The predicted molar refractivity (Wildman–Crippen MR) is 81.6 cm³/mol. The highest BCUT2D eigenvalue weighted by molar-refractivity contribution is 6.31. The summed E-state index contributed by atoms with van der Waals surface area (Å²) in [6.45, 7) is 5.74. The summed E-state index contributed by atoms with van der Waals surface area (Å²) in [5.74, 6) is 0. The molecule has 1 aliphatic rings. The van der Waals surface area contributed by atoms with Crippen LogP contribution in [0.1, 0.15) is 24.4 Å². The van der Waals surface area contributed by atoms with Gasteiger partial charge in [-0.3, -0.25) is 0 Å². The summed E-state index contributed by atoms with van der Waals surface area (Å²) in [4.78, 5) is 4.91. The van der Waals surface area contributed by atoms with Gasteiger partial charge >= 0.3 is 0 Å². The number of nitrogens with two attached hydrogens (primary N) is 1. The number of hydrogen-bond donors (Lipinski definition) is 1. The highest BCUT2D eigenvalue weighted by atomic mass is 35.5. The molecule has 0 aliphatic carbocycles. The van der Waals surface area contributed by atoms with Crippen molar-refractivity contribution in [2.75, 3.05) is 39.8 Å². The lowest BCUT2D eigenvalue weighted by atomic mass is 10.0. The van der Waals surface area contributed by atoms with Gasteiger partial charge in [0.25, 0.3) is 0 Å². The van der Waals surface area contributed by atoms with Gasteiger partial charge in [-0.25, -0.2) is 0 Å². The second kappa shape index (κ2) is 7.25. The topological polar surface area (TPSA) is 32.5 Å². The lowest BCUT2D eigenvalue weighted by Crippen LogP contribution is -2.31. The van der Waals surface area contributed by atoms with E-state index in [1.54, 1.807) is 0 Å². The quantitative estimate of drug-likeness (QED) is 0.920. The van der Waals surface area contributed by atoms with Gasteiger partial charge in [-0.2, -0.15) is 0 Å². The fourth-order valence-corrected chi connectivity index (χ4v) is 2.85. The SMILES string of the molecule is CN1CCCN(CCC(N)c2ccccc2Cl)CC1. The van der Waals surface area contributed by atoms with Gasteiger partial charge in [0.05, 0.1) is 0 Å². The van der Waals surface area contributed by atoms with Crippen molar-refractivity contribution in [3.8, 4) is 0 Å². The molecule has 1 aromatic carbocycles. The molecule has 1 fully saturated rings. The van der Waals surface area contributed by atoms with E-state index in [0.717, 1.165) is 36.6 Å². The van der Waals surface area contributed by atoms with Gasteiger partial charge in [-0.15, -0.1) is 0 Å². The fourth-order valence-electron chi connectivity index (χ4n) is 2.58. The Balaban J connectivity index is 1.83. The van der Waals surface area contributed by atoms with E-state index in [1.807, 2.05) is 24.3 Å². The molecule has 19 heavy (non-hydrogen) atoms. The van der Waals surface area contributed by atoms with Crippen LogP contribution >= 0.6 is 11.6 Å². The Morgan fingerprint density at radius 1 is 1.21 bits per heavy atom. The second-order valence-electron chi connectivity index (χ2n) is 5.42. The fraction of sp³-hybridized carbons (Fsp3) is 0.600. The third kappa shape index (κ3) is 4.46. The van der Waals surface area contributed by atoms with Gasteiger partial charge in [0.1, 0.15) is 0 Å². The highest BCUT2D eigenvalue weighted by Gasteiger charge is 2.14. The van der Waals surface area contributed by atoms with Gasteiger partial charge in [-0.1, -0.05) is 29.8 Å². The minimum absolute atomic E-state index is 0.0367. The van der Waals surface area contributed by atoms with E-state index in [0.29, 0.717) is 0 Å². The molecular formula is C15H24ClN3. The minimum Gasteiger partial charge on any atom is -0.324 e. The molecule has 3 nitrogen and oxygen atoms in total. The first-order valence-electron chi connectivity index (χ1n) is 7.07. The third-order valence-corrected chi connectivity index (χ3v) is 4.22. The molecule has 2 N–H and O–H groups in total. The summed E-state index contributed by atoms with van der Waals surface area (Å²) in [6.07, 6.45) is 2.21. The molecule has 0 bridgehead atoms. The largest absolute Gasteiger partial charge is 0.324 e. The van der Waals surface area contributed by atoms with E-state index >= 15 is 0 Å². The van der Waals surface area contributed by atoms with Crippen molar-refractivity contribution in [3.05, 3.63) is 34.9 Å². The monoisotopic (exact) mass is 281 g/mol. The molecule has 0 aromatic heterocycles. The molecule has 0 radical (unpaired) electrons. The summed E-state index contributed by atoms with van der Waals surface area (Å²) in [5, 5.41) is 0.783. The first-order chi connectivity index (χ1) is 9.16.